The number of methoxy groups -OCH3 is 1. The maximum Gasteiger partial charge on any atom is 0.241 e. The van der Waals surface area contributed by atoms with Crippen molar-refractivity contribution in [2.75, 3.05) is 24.3 Å². The van der Waals surface area contributed by atoms with Gasteiger partial charge in [0.15, 0.2) is 0 Å². The minimum absolute atomic E-state index is 0.0428. The number of sulfonamides is 1. The number of hydrogen-bond acceptors (Lipinski definition) is 5. The summed E-state index contributed by atoms with van der Waals surface area (Å²) in [6.07, 6.45) is 0. The van der Waals surface area contributed by atoms with E-state index in [2.05, 4.69) is 15.4 Å². The molecule has 2 aromatic rings. The molecule has 0 bridgehead atoms. The standard InChI is InChI=1S/C18H21N3O5S/c1-12-9-16(7-8-17(12)26-3)27(24,25)19-11-18(23)21-15-6-4-5-14(10-15)20-13(2)22/h4-10,19H,11H2,1-3H3,(H,20,22)(H,21,23). The van der Waals surface area contributed by atoms with Crippen molar-refractivity contribution in [3.8, 4) is 5.75 Å². The first-order valence-corrected chi connectivity index (χ1v) is 9.51. The summed E-state index contributed by atoms with van der Waals surface area (Å²) in [5, 5.41) is 5.17. The van der Waals surface area contributed by atoms with Crippen molar-refractivity contribution in [2.24, 2.45) is 0 Å². The topological polar surface area (TPSA) is 114 Å². The quantitative estimate of drug-likeness (QED) is 0.667. The molecule has 0 aliphatic rings. The first-order valence-electron chi connectivity index (χ1n) is 8.03. The van der Waals surface area contributed by atoms with Gasteiger partial charge in [-0.3, -0.25) is 9.59 Å². The molecule has 2 amide bonds. The van der Waals surface area contributed by atoms with Gasteiger partial charge in [0.2, 0.25) is 21.8 Å². The molecule has 0 aliphatic carbocycles. The van der Waals surface area contributed by atoms with Crippen molar-refractivity contribution in [1.29, 1.82) is 0 Å². The predicted octanol–water partition coefficient (Wildman–Crippen LogP) is 1.88. The smallest absolute Gasteiger partial charge is 0.241 e. The van der Waals surface area contributed by atoms with E-state index in [9.17, 15) is 18.0 Å². The Morgan fingerprint density at radius 3 is 2.30 bits per heavy atom. The Hall–Kier alpha value is -2.91. The average molecular weight is 391 g/mol. The Morgan fingerprint density at radius 1 is 1.04 bits per heavy atom. The molecule has 0 fully saturated rings. The maximum atomic E-state index is 12.3. The molecule has 3 N–H and O–H groups in total. The summed E-state index contributed by atoms with van der Waals surface area (Å²) in [7, 11) is -2.34. The second-order valence-electron chi connectivity index (χ2n) is 5.77. The van der Waals surface area contributed by atoms with Gasteiger partial charge in [0.05, 0.1) is 18.6 Å². The van der Waals surface area contributed by atoms with Gasteiger partial charge in [-0.2, -0.15) is 0 Å². The van der Waals surface area contributed by atoms with Gasteiger partial charge in [-0.15, -0.1) is 0 Å². The summed E-state index contributed by atoms with van der Waals surface area (Å²) < 4.78 is 32.0. The van der Waals surface area contributed by atoms with Crippen molar-refractivity contribution >= 4 is 33.2 Å². The molecule has 0 saturated heterocycles. The van der Waals surface area contributed by atoms with Crippen LogP contribution in [0.3, 0.4) is 0 Å². The fourth-order valence-electron chi connectivity index (χ4n) is 2.35. The number of carbonyl (C=O) groups excluding carboxylic acids is 2. The number of benzene rings is 2. The van der Waals surface area contributed by atoms with E-state index in [1.807, 2.05) is 0 Å². The normalized spacial score (nSPS) is 10.9. The molecular formula is C18H21N3O5S. The molecule has 0 spiro atoms. The highest BCUT2D eigenvalue weighted by atomic mass is 32.2. The van der Waals surface area contributed by atoms with Gasteiger partial charge in [-0.25, -0.2) is 13.1 Å². The zero-order valence-corrected chi connectivity index (χ0v) is 16.0. The van der Waals surface area contributed by atoms with E-state index >= 15 is 0 Å². The molecule has 0 aromatic heterocycles. The number of nitrogens with one attached hydrogen (secondary N) is 3. The summed E-state index contributed by atoms with van der Waals surface area (Å²) in [5.41, 5.74) is 1.62. The SMILES string of the molecule is COc1ccc(S(=O)(=O)NCC(=O)Nc2cccc(NC(C)=O)c2)cc1C. The number of hydrogen-bond donors (Lipinski definition) is 3. The summed E-state index contributed by atoms with van der Waals surface area (Å²) in [4.78, 5) is 23.2. The van der Waals surface area contributed by atoms with E-state index < -0.39 is 22.5 Å². The molecule has 2 aromatic carbocycles. The van der Waals surface area contributed by atoms with Crippen LogP contribution in [0.25, 0.3) is 0 Å². The molecular weight excluding hydrogens is 370 g/mol. The highest BCUT2D eigenvalue weighted by Gasteiger charge is 2.17. The van der Waals surface area contributed by atoms with E-state index in [1.165, 1.54) is 26.2 Å². The average Bonchev–Trinajstić information content (AvgIpc) is 2.60. The third kappa shape index (κ3) is 5.80. The zero-order valence-electron chi connectivity index (χ0n) is 15.2. The van der Waals surface area contributed by atoms with Crippen LogP contribution in [0.1, 0.15) is 12.5 Å². The Balaban J connectivity index is 2.00. The monoisotopic (exact) mass is 391 g/mol. The van der Waals surface area contributed by atoms with Gasteiger partial charge in [0.1, 0.15) is 5.75 Å². The third-order valence-electron chi connectivity index (χ3n) is 3.57. The molecule has 2 rings (SSSR count). The number of aryl methyl sites for hydroxylation is 1. The highest BCUT2D eigenvalue weighted by molar-refractivity contribution is 7.89. The van der Waals surface area contributed by atoms with E-state index in [-0.39, 0.29) is 10.8 Å². The first kappa shape index (κ1) is 20.4. The van der Waals surface area contributed by atoms with Crippen LogP contribution in [-0.4, -0.2) is 33.9 Å². The van der Waals surface area contributed by atoms with Gasteiger partial charge in [0, 0.05) is 18.3 Å². The lowest BCUT2D eigenvalue weighted by Gasteiger charge is -2.11. The lowest BCUT2D eigenvalue weighted by molar-refractivity contribution is -0.115. The van der Waals surface area contributed by atoms with Crippen molar-refractivity contribution < 1.29 is 22.7 Å². The number of ether oxygens (including phenoxy) is 1. The largest absolute Gasteiger partial charge is 0.496 e. The van der Waals surface area contributed by atoms with Gasteiger partial charge in [0.25, 0.3) is 0 Å². The molecule has 0 atom stereocenters. The van der Waals surface area contributed by atoms with Crippen molar-refractivity contribution in [3.05, 3.63) is 48.0 Å². The van der Waals surface area contributed by atoms with E-state index in [1.54, 1.807) is 37.3 Å². The minimum Gasteiger partial charge on any atom is -0.496 e. The predicted molar refractivity (Wildman–Crippen MR) is 102 cm³/mol. The molecule has 9 heteroatoms. The fraction of sp³-hybridized carbons (Fsp3) is 0.222. The third-order valence-corrected chi connectivity index (χ3v) is 4.96. The Labute approximate surface area is 158 Å². The van der Waals surface area contributed by atoms with Crippen LogP contribution in [0.4, 0.5) is 11.4 Å². The highest BCUT2D eigenvalue weighted by Crippen LogP contribution is 2.21. The van der Waals surface area contributed by atoms with Gasteiger partial charge >= 0.3 is 0 Å². The Bertz CT molecular complexity index is 957. The molecule has 0 saturated carbocycles. The van der Waals surface area contributed by atoms with E-state index in [4.69, 9.17) is 4.74 Å². The summed E-state index contributed by atoms with van der Waals surface area (Å²) in [5.74, 6) is -0.199. The second-order valence-corrected chi connectivity index (χ2v) is 7.53. The number of carbonyl (C=O) groups is 2. The van der Waals surface area contributed by atoms with Crippen LogP contribution in [0.5, 0.6) is 5.75 Å². The first-order chi connectivity index (χ1) is 12.7. The van der Waals surface area contributed by atoms with Gasteiger partial charge in [-0.05, 0) is 48.9 Å². The molecule has 27 heavy (non-hydrogen) atoms. The van der Waals surface area contributed by atoms with Crippen LogP contribution in [0, 0.1) is 6.92 Å². The molecule has 0 unspecified atom stereocenters. The molecule has 144 valence electrons. The van der Waals surface area contributed by atoms with Crippen LogP contribution >= 0.6 is 0 Å². The number of amides is 2. The minimum atomic E-state index is -3.84. The van der Waals surface area contributed by atoms with Gasteiger partial charge < -0.3 is 15.4 Å². The van der Waals surface area contributed by atoms with Crippen molar-refractivity contribution in [2.45, 2.75) is 18.7 Å². The van der Waals surface area contributed by atoms with E-state index in [0.717, 1.165) is 0 Å². The van der Waals surface area contributed by atoms with Crippen LogP contribution in [0.15, 0.2) is 47.4 Å². The summed E-state index contributed by atoms with van der Waals surface area (Å²) in [6, 6.07) is 11.0. The van der Waals surface area contributed by atoms with Crippen molar-refractivity contribution in [3.63, 3.8) is 0 Å². The Morgan fingerprint density at radius 2 is 1.70 bits per heavy atom. The van der Waals surface area contributed by atoms with Crippen LogP contribution in [0.2, 0.25) is 0 Å². The van der Waals surface area contributed by atoms with Crippen LogP contribution < -0.4 is 20.1 Å². The number of anilines is 2. The van der Waals surface area contributed by atoms with E-state index in [0.29, 0.717) is 22.7 Å². The molecule has 8 nitrogen and oxygen atoms in total. The number of rotatable bonds is 7. The Kier molecular flexibility index (Phi) is 6.54. The summed E-state index contributed by atoms with van der Waals surface area (Å²) in [6.45, 7) is 2.67. The second kappa shape index (κ2) is 8.65. The maximum absolute atomic E-state index is 12.3. The molecule has 0 radical (unpaired) electrons. The zero-order chi connectivity index (χ0) is 20.0. The lowest BCUT2D eigenvalue weighted by Crippen LogP contribution is -2.33. The van der Waals surface area contributed by atoms with Crippen LogP contribution in [-0.2, 0) is 19.6 Å². The van der Waals surface area contributed by atoms with Crippen molar-refractivity contribution in [1.82, 2.24) is 4.72 Å². The van der Waals surface area contributed by atoms with Gasteiger partial charge in [-0.1, -0.05) is 6.07 Å². The molecule has 0 aliphatic heterocycles. The fourth-order valence-corrected chi connectivity index (χ4v) is 3.41. The lowest BCUT2D eigenvalue weighted by atomic mass is 10.2. The summed E-state index contributed by atoms with van der Waals surface area (Å²) >= 11 is 0. The molecule has 0 heterocycles.